The highest BCUT2D eigenvalue weighted by atomic mass is 15.1. The lowest BCUT2D eigenvalue weighted by atomic mass is 9.69. The van der Waals surface area contributed by atoms with Gasteiger partial charge in [0.25, 0.3) is 0 Å². The van der Waals surface area contributed by atoms with Crippen LogP contribution in [0.1, 0.15) is 69.3 Å². The van der Waals surface area contributed by atoms with Crippen molar-refractivity contribution in [2.24, 2.45) is 0 Å². The van der Waals surface area contributed by atoms with Crippen LogP contribution in [0.15, 0.2) is 235 Å². The third kappa shape index (κ3) is 4.77. The molecule has 8 aromatic carbocycles. The topological polar surface area (TPSA) is 3.24 Å². The third-order valence-corrected chi connectivity index (χ3v) is 15.5. The molecule has 0 amide bonds. The minimum absolute atomic E-state index is 0.367. The summed E-state index contributed by atoms with van der Waals surface area (Å²) in [6, 6.07) is 71.1. The predicted octanol–water partition coefficient (Wildman–Crippen LogP) is 15.9. The van der Waals surface area contributed by atoms with Gasteiger partial charge in [0.1, 0.15) is 0 Å². The number of aryl methyl sites for hydroxylation is 1. The Balaban J connectivity index is 1.03. The van der Waals surface area contributed by atoms with Crippen LogP contribution in [-0.2, 0) is 10.8 Å². The molecule has 6 aliphatic rings. The zero-order chi connectivity index (χ0) is 42.9. The van der Waals surface area contributed by atoms with E-state index >= 15 is 0 Å². The standard InChI is InChI=1S/C64H45N/c1-41-38-43(42-18-3-2-4-19-42)34-37-62(41)65(45-35-36-52-50-25-9-15-31-58(50)64(61(52)40-45)56-29-13-7-23-48(56)49-24-8-14-30-57(49)64)44-20-17-33-60-53(39-44)51-26-10-16-32-59(51)63(60)54-27-11-5-21-46(54)47-22-6-12-28-55(47)63/h2-8,10-14,16-32,34-40H,9,15,33H2,1H3. The molecule has 0 aromatic heterocycles. The number of nitrogens with zero attached hydrogens (tertiary/aromatic N) is 1. The quantitative estimate of drug-likeness (QED) is 0.171. The smallest absolute Gasteiger partial charge is 0.0723 e. The van der Waals surface area contributed by atoms with Gasteiger partial charge in [-0.15, -0.1) is 0 Å². The van der Waals surface area contributed by atoms with Crippen molar-refractivity contribution in [3.63, 3.8) is 0 Å². The second kappa shape index (κ2) is 13.6. The van der Waals surface area contributed by atoms with Crippen LogP contribution in [0.3, 0.4) is 0 Å². The monoisotopic (exact) mass is 827 g/mol. The predicted molar refractivity (Wildman–Crippen MR) is 269 cm³/mol. The van der Waals surface area contributed by atoms with Crippen molar-refractivity contribution < 1.29 is 0 Å². The van der Waals surface area contributed by atoms with Crippen molar-refractivity contribution in [1.29, 1.82) is 0 Å². The van der Waals surface area contributed by atoms with Gasteiger partial charge in [-0.1, -0.05) is 182 Å². The van der Waals surface area contributed by atoms with Crippen LogP contribution in [0.4, 0.5) is 11.4 Å². The molecule has 14 rings (SSSR count). The number of hydrogen-bond acceptors (Lipinski definition) is 1. The maximum atomic E-state index is 2.56. The van der Waals surface area contributed by atoms with E-state index in [1.165, 1.54) is 111 Å². The Morgan fingerprint density at radius 3 is 1.63 bits per heavy atom. The van der Waals surface area contributed by atoms with Crippen molar-refractivity contribution in [3.05, 3.63) is 285 Å². The molecule has 0 aliphatic heterocycles. The van der Waals surface area contributed by atoms with Gasteiger partial charge in [-0.3, -0.25) is 0 Å². The summed E-state index contributed by atoms with van der Waals surface area (Å²) in [7, 11) is 0. The SMILES string of the molecule is Cc1cc(-c2ccccc2)ccc1N(C1=CC2=C(CC=C1)C1(c3ccccc32)c2ccccc2-c2ccccc21)c1ccc2c(c1)C1(C3=CCCC=C32)c2ccccc2-c2ccccc21. The second-order valence-electron chi connectivity index (χ2n) is 18.5. The van der Waals surface area contributed by atoms with E-state index in [9.17, 15) is 0 Å². The molecule has 0 unspecified atom stereocenters. The highest BCUT2D eigenvalue weighted by molar-refractivity contribution is 6.02. The number of rotatable bonds is 4. The fraction of sp³-hybridized carbons (Fsp3) is 0.0938. The van der Waals surface area contributed by atoms with Crippen LogP contribution in [-0.4, -0.2) is 0 Å². The summed E-state index contributed by atoms with van der Waals surface area (Å²) >= 11 is 0. The molecule has 2 spiro atoms. The molecule has 0 fully saturated rings. The molecule has 0 atom stereocenters. The largest absolute Gasteiger partial charge is 0.310 e. The van der Waals surface area contributed by atoms with E-state index in [2.05, 4.69) is 230 Å². The van der Waals surface area contributed by atoms with Crippen LogP contribution >= 0.6 is 0 Å². The number of anilines is 2. The molecule has 306 valence electrons. The molecule has 8 aromatic rings. The first-order valence-electron chi connectivity index (χ1n) is 23.3. The summed E-state index contributed by atoms with van der Waals surface area (Å²) in [6.07, 6.45) is 15.4. The van der Waals surface area contributed by atoms with E-state index in [4.69, 9.17) is 0 Å². The molecule has 0 bridgehead atoms. The van der Waals surface area contributed by atoms with Crippen LogP contribution in [0.5, 0.6) is 0 Å². The zero-order valence-electron chi connectivity index (χ0n) is 36.4. The fourth-order valence-electron chi connectivity index (χ4n) is 13.1. The molecule has 0 N–H and O–H groups in total. The summed E-state index contributed by atoms with van der Waals surface area (Å²) < 4.78 is 0. The number of fused-ring (bicyclic) bond motifs is 19. The molecule has 0 radical (unpaired) electrons. The average molecular weight is 828 g/mol. The second-order valence-corrected chi connectivity index (χ2v) is 18.5. The van der Waals surface area contributed by atoms with E-state index < -0.39 is 5.41 Å². The van der Waals surface area contributed by atoms with E-state index in [0.717, 1.165) is 30.6 Å². The number of allylic oxidation sites excluding steroid dienone is 9. The molecule has 0 heterocycles. The van der Waals surface area contributed by atoms with Gasteiger partial charge < -0.3 is 4.90 Å². The van der Waals surface area contributed by atoms with Gasteiger partial charge in [-0.05, 0) is 168 Å². The first-order valence-corrected chi connectivity index (χ1v) is 23.3. The third-order valence-electron chi connectivity index (χ3n) is 15.5. The summed E-state index contributed by atoms with van der Waals surface area (Å²) in [4.78, 5) is 2.56. The van der Waals surface area contributed by atoms with Crippen LogP contribution < -0.4 is 4.90 Å². The Hall–Kier alpha value is -7.74. The molecular formula is C64H45N. The van der Waals surface area contributed by atoms with Crippen molar-refractivity contribution >= 4 is 22.5 Å². The molecule has 1 heteroatoms. The van der Waals surface area contributed by atoms with Gasteiger partial charge in [0.05, 0.1) is 10.8 Å². The fourth-order valence-corrected chi connectivity index (χ4v) is 13.1. The first-order chi connectivity index (χ1) is 32.2. The molecule has 1 nitrogen and oxygen atoms in total. The van der Waals surface area contributed by atoms with E-state index in [0.29, 0.717) is 0 Å². The average Bonchev–Trinajstić information content (AvgIpc) is 3.97. The lowest BCUT2D eigenvalue weighted by Crippen LogP contribution is -2.27. The molecule has 65 heavy (non-hydrogen) atoms. The van der Waals surface area contributed by atoms with Gasteiger partial charge in [0.15, 0.2) is 0 Å². The summed E-state index contributed by atoms with van der Waals surface area (Å²) in [5.41, 5.74) is 28.4. The first kappa shape index (κ1) is 36.7. The van der Waals surface area contributed by atoms with Gasteiger partial charge in [0, 0.05) is 17.1 Å². The Kier molecular flexibility index (Phi) is 7.70. The minimum atomic E-state index is -0.397. The van der Waals surface area contributed by atoms with Gasteiger partial charge in [-0.2, -0.15) is 0 Å². The van der Waals surface area contributed by atoms with Crippen molar-refractivity contribution in [1.82, 2.24) is 0 Å². The molecule has 0 saturated carbocycles. The number of hydrogen-bond donors (Lipinski definition) is 0. The maximum Gasteiger partial charge on any atom is 0.0723 e. The van der Waals surface area contributed by atoms with E-state index in [-0.39, 0.29) is 5.41 Å². The Morgan fingerprint density at radius 2 is 1.00 bits per heavy atom. The van der Waals surface area contributed by atoms with Crippen molar-refractivity contribution in [2.45, 2.75) is 37.0 Å². The highest BCUT2D eigenvalue weighted by Crippen LogP contribution is 2.66. The highest BCUT2D eigenvalue weighted by Gasteiger charge is 2.54. The molecule has 6 aliphatic carbocycles. The maximum absolute atomic E-state index is 2.56. The molecule has 0 saturated heterocycles. The summed E-state index contributed by atoms with van der Waals surface area (Å²) in [6.45, 7) is 2.29. The van der Waals surface area contributed by atoms with E-state index in [1.54, 1.807) is 0 Å². The van der Waals surface area contributed by atoms with Crippen molar-refractivity contribution in [2.75, 3.05) is 4.90 Å². The summed E-state index contributed by atoms with van der Waals surface area (Å²) in [5.74, 6) is 0. The molecular weight excluding hydrogens is 783 g/mol. The van der Waals surface area contributed by atoms with Gasteiger partial charge in [-0.25, -0.2) is 0 Å². The van der Waals surface area contributed by atoms with Crippen LogP contribution in [0.25, 0.3) is 44.5 Å². The number of benzene rings is 8. The Bertz CT molecular complexity index is 3440. The minimum Gasteiger partial charge on any atom is -0.310 e. The Morgan fingerprint density at radius 1 is 0.446 bits per heavy atom. The van der Waals surface area contributed by atoms with Gasteiger partial charge >= 0.3 is 0 Å². The normalized spacial score (nSPS) is 16.9. The lowest BCUT2D eigenvalue weighted by molar-refractivity contribution is 0.747. The Labute approximate surface area is 381 Å². The van der Waals surface area contributed by atoms with Crippen molar-refractivity contribution in [3.8, 4) is 33.4 Å². The lowest BCUT2D eigenvalue weighted by Gasteiger charge is -2.33. The van der Waals surface area contributed by atoms with E-state index in [1.807, 2.05) is 0 Å². The van der Waals surface area contributed by atoms with Crippen LogP contribution in [0.2, 0.25) is 0 Å². The zero-order valence-corrected chi connectivity index (χ0v) is 36.4. The van der Waals surface area contributed by atoms with Crippen LogP contribution in [0, 0.1) is 6.92 Å². The summed E-state index contributed by atoms with van der Waals surface area (Å²) in [5, 5.41) is 0. The van der Waals surface area contributed by atoms with Gasteiger partial charge in [0.2, 0.25) is 0 Å².